The molecule has 1 aromatic heterocycles. The molecule has 2 rings (SSSR count). The van der Waals surface area contributed by atoms with E-state index < -0.39 is 0 Å². The normalized spacial score (nSPS) is 10.3. The minimum absolute atomic E-state index is 0.108. The van der Waals surface area contributed by atoms with Crippen LogP contribution in [0.1, 0.15) is 22.5 Å². The Bertz CT molecular complexity index is 672. The highest BCUT2D eigenvalue weighted by Crippen LogP contribution is 2.21. The summed E-state index contributed by atoms with van der Waals surface area (Å²) in [6, 6.07) is 8.41. The third-order valence-electron chi connectivity index (χ3n) is 3.11. The summed E-state index contributed by atoms with van der Waals surface area (Å²) in [6.07, 6.45) is 2.27. The third kappa shape index (κ3) is 5.62. The summed E-state index contributed by atoms with van der Waals surface area (Å²) in [7, 11) is 0. The zero-order valence-corrected chi connectivity index (χ0v) is 13.8. The molecule has 7 heteroatoms. The van der Waals surface area contributed by atoms with Gasteiger partial charge in [-0.3, -0.25) is 9.59 Å². The van der Waals surface area contributed by atoms with E-state index in [0.717, 1.165) is 5.56 Å². The Morgan fingerprint density at radius 3 is 2.57 bits per heavy atom. The van der Waals surface area contributed by atoms with Crippen LogP contribution in [0.2, 0.25) is 10.0 Å². The smallest absolute Gasteiger partial charge is 0.287 e. The summed E-state index contributed by atoms with van der Waals surface area (Å²) in [5.74, 6) is -0.172. The van der Waals surface area contributed by atoms with E-state index in [-0.39, 0.29) is 17.6 Å². The zero-order valence-electron chi connectivity index (χ0n) is 12.3. The van der Waals surface area contributed by atoms with E-state index >= 15 is 0 Å². The summed E-state index contributed by atoms with van der Waals surface area (Å²) in [5.41, 5.74) is 0.873. The van der Waals surface area contributed by atoms with Crippen molar-refractivity contribution in [2.45, 2.75) is 12.8 Å². The molecule has 0 fully saturated rings. The predicted octanol–water partition coefficient (Wildman–Crippen LogP) is 3.07. The molecule has 0 aliphatic rings. The molecule has 0 spiro atoms. The van der Waals surface area contributed by atoms with Crippen molar-refractivity contribution in [1.29, 1.82) is 0 Å². The minimum Gasteiger partial charge on any atom is -0.459 e. The van der Waals surface area contributed by atoms with Crippen molar-refractivity contribution in [3.8, 4) is 0 Å². The van der Waals surface area contributed by atoms with E-state index in [9.17, 15) is 9.59 Å². The van der Waals surface area contributed by atoms with Crippen molar-refractivity contribution in [1.82, 2.24) is 10.6 Å². The van der Waals surface area contributed by atoms with Crippen LogP contribution < -0.4 is 10.6 Å². The SMILES string of the molecule is O=C(CCc1ccc(Cl)cc1Cl)NCCNC(=O)c1ccco1. The van der Waals surface area contributed by atoms with Gasteiger partial charge in [0.1, 0.15) is 0 Å². The number of halogens is 2. The second-order valence-electron chi connectivity index (χ2n) is 4.82. The highest BCUT2D eigenvalue weighted by atomic mass is 35.5. The molecule has 122 valence electrons. The molecule has 2 N–H and O–H groups in total. The Hall–Kier alpha value is -1.98. The van der Waals surface area contributed by atoms with Crippen molar-refractivity contribution in [3.63, 3.8) is 0 Å². The fourth-order valence-corrected chi connectivity index (χ4v) is 2.44. The first-order valence-corrected chi connectivity index (χ1v) is 7.84. The summed E-state index contributed by atoms with van der Waals surface area (Å²) in [4.78, 5) is 23.3. The quantitative estimate of drug-likeness (QED) is 0.750. The van der Waals surface area contributed by atoms with E-state index in [1.807, 2.05) is 6.07 Å². The summed E-state index contributed by atoms with van der Waals surface area (Å²) in [5, 5.41) is 6.49. The Kier molecular flexibility index (Phi) is 6.50. The molecule has 23 heavy (non-hydrogen) atoms. The van der Waals surface area contributed by atoms with Crippen LogP contribution in [-0.2, 0) is 11.2 Å². The number of amides is 2. The van der Waals surface area contributed by atoms with Crippen molar-refractivity contribution in [2.75, 3.05) is 13.1 Å². The number of nitrogens with one attached hydrogen (secondary N) is 2. The number of hydrogen-bond acceptors (Lipinski definition) is 3. The predicted molar refractivity (Wildman–Crippen MR) is 88.8 cm³/mol. The average Bonchev–Trinajstić information content (AvgIpc) is 3.05. The van der Waals surface area contributed by atoms with Crippen LogP contribution in [0.3, 0.4) is 0 Å². The second-order valence-corrected chi connectivity index (χ2v) is 5.66. The number of carbonyl (C=O) groups excluding carboxylic acids is 2. The lowest BCUT2D eigenvalue weighted by Gasteiger charge is -2.07. The molecule has 0 unspecified atom stereocenters. The third-order valence-corrected chi connectivity index (χ3v) is 3.70. The van der Waals surface area contributed by atoms with Crippen LogP contribution >= 0.6 is 23.2 Å². The van der Waals surface area contributed by atoms with Gasteiger partial charge in [0.05, 0.1) is 6.26 Å². The van der Waals surface area contributed by atoms with Gasteiger partial charge in [0.2, 0.25) is 5.91 Å². The van der Waals surface area contributed by atoms with Gasteiger partial charge in [-0.2, -0.15) is 0 Å². The molecule has 0 aliphatic heterocycles. The first-order valence-electron chi connectivity index (χ1n) is 7.08. The number of benzene rings is 1. The van der Waals surface area contributed by atoms with E-state index in [4.69, 9.17) is 27.6 Å². The van der Waals surface area contributed by atoms with Crippen molar-refractivity contribution < 1.29 is 14.0 Å². The molecule has 1 aromatic carbocycles. The van der Waals surface area contributed by atoms with Gasteiger partial charge >= 0.3 is 0 Å². The molecule has 0 atom stereocenters. The lowest BCUT2D eigenvalue weighted by molar-refractivity contribution is -0.121. The molecular formula is C16H16Cl2N2O3. The summed E-state index contributed by atoms with van der Waals surface area (Å²) >= 11 is 11.9. The first kappa shape index (κ1) is 17.4. The maximum absolute atomic E-state index is 11.8. The molecular weight excluding hydrogens is 339 g/mol. The first-order chi connectivity index (χ1) is 11.1. The number of aryl methyl sites for hydroxylation is 1. The maximum atomic E-state index is 11.8. The van der Waals surface area contributed by atoms with Crippen molar-refractivity contribution in [2.24, 2.45) is 0 Å². The standard InChI is InChI=1S/C16H16Cl2N2O3/c17-12-5-3-11(13(18)10-12)4-6-15(21)19-7-8-20-16(22)14-2-1-9-23-14/h1-3,5,9-10H,4,6-8H2,(H,19,21)(H,20,22). The molecule has 0 radical (unpaired) electrons. The monoisotopic (exact) mass is 354 g/mol. The molecule has 0 aliphatic carbocycles. The summed E-state index contributed by atoms with van der Waals surface area (Å²) in [6.45, 7) is 0.673. The maximum Gasteiger partial charge on any atom is 0.287 e. The molecule has 0 saturated heterocycles. The largest absolute Gasteiger partial charge is 0.459 e. The van der Waals surface area contributed by atoms with E-state index in [1.165, 1.54) is 6.26 Å². The molecule has 0 saturated carbocycles. The summed E-state index contributed by atoms with van der Waals surface area (Å²) < 4.78 is 4.96. The number of rotatable bonds is 7. The fourth-order valence-electron chi connectivity index (χ4n) is 1.93. The molecule has 1 heterocycles. The lowest BCUT2D eigenvalue weighted by Crippen LogP contribution is -2.34. The Morgan fingerprint density at radius 2 is 1.87 bits per heavy atom. The van der Waals surface area contributed by atoms with E-state index in [1.54, 1.807) is 24.3 Å². The van der Waals surface area contributed by atoms with Gasteiger partial charge in [-0.15, -0.1) is 0 Å². The Morgan fingerprint density at radius 1 is 1.09 bits per heavy atom. The Balaban J connectivity index is 1.64. The van der Waals surface area contributed by atoms with Gasteiger partial charge in [0, 0.05) is 29.6 Å². The van der Waals surface area contributed by atoms with Crippen molar-refractivity contribution in [3.05, 3.63) is 58.0 Å². The van der Waals surface area contributed by atoms with Crippen LogP contribution in [-0.4, -0.2) is 24.9 Å². The minimum atomic E-state index is -0.308. The Labute approximate surface area is 144 Å². The topological polar surface area (TPSA) is 71.3 Å². The van der Waals surface area contributed by atoms with Crippen LogP contribution in [0.25, 0.3) is 0 Å². The molecule has 2 aromatic rings. The number of carbonyl (C=O) groups is 2. The molecule has 2 amide bonds. The fraction of sp³-hybridized carbons (Fsp3) is 0.250. The van der Waals surface area contributed by atoms with Crippen LogP contribution in [0.4, 0.5) is 0 Å². The van der Waals surface area contributed by atoms with E-state index in [2.05, 4.69) is 10.6 Å². The average molecular weight is 355 g/mol. The van der Waals surface area contributed by atoms with Gasteiger partial charge in [0.15, 0.2) is 5.76 Å². The highest BCUT2D eigenvalue weighted by Gasteiger charge is 2.08. The van der Waals surface area contributed by atoms with Crippen LogP contribution in [0, 0.1) is 0 Å². The van der Waals surface area contributed by atoms with Gasteiger partial charge in [-0.25, -0.2) is 0 Å². The number of furan rings is 1. The van der Waals surface area contributed by atoms with Gasteiger partial charge in [-0.05, 0) is 36.2 Å². The van der Waals surface area contributed by atoms with Crippen molar-refractivity contribution >= 4 is 35.0 Å². The number of hydrogen-bond donors (Lipinski definition) is 2. The molecule has 5 nitrogen and oxygen atoms in total. The van der Waals surface area contributed by atoms with Gasteiger partial charge in [-0.1, -0.05) is 29.3 Å². The van der Waals surface area contributed by atoms with Crippen LogP contribution in [0.5, 0.6) is 0 Å². The highest BCUT2D eigenvalue weighted by molar-refractivity contribution is 6.35. The molecule has 0 bridgehead atoms. The lowest BCUT2D eigenvalue weighted by atomic mass is 10.1. The van der Waals surface area contributed by atoms with Gasteiger partial charge < -0.3 is 15.1 Å². The van der Waals surface area contributed by atoms with Crippen LogP contribution in [0.15, 0.2) is 41.0 Å². The van der Waals surface area contributed by atoms with Gasteiger partial charge in [0.25, 0.3) is 5.91 Å². The van der Waals surface area contributed by atoms with E-state index in [0.29, 0.717) is 36.0 Å². The second kappa shape index (κ2) is 8.60. The zero-order chi connectivity index (χ0) is 16.7.